The van der Waals surface area contributed by atoms with Crippen LogP contribution in [0.2, 0.25) is 5.02 Å². The summed E-state index contributed by atoms with van der Waals surface area (Å²) in [5.74, 6) is -0.0376. The molecule has 2 aromatic carbocycles. The van der Waals surface area contributed by atoms with E-state index in [1.165, 1.54) is 6.92 Å². The molecule has 0 saturated heterocycles. The van der Waals surface area contributed by atoms with E-state index in [1.807, 2.05) is 13.0 Å². The Morgan fingerprint density at radius 2 is 1.82 bits per heavy atom. The molecule has 0 aliphatic carbocycles. The fraction of sp³-hybridized carbons (Fsp3) is 0.158. The predicted octanol–water partition coefficient (Wildman–Crippen LogP) is 4.39. The molecule has 7 nitrogen and oxygen atoms in total. The van der Waals surface area contributed by atoms with Gasteiger partial charge in [-0.2, -0.15) is 0 Å². The largest absolute Gasteiger partial charge is 0.411 e. The number of benzene rings is 2. The molecule has 0 aliphatic rings. The van der Waals surface area contributed by atoms with E-state index in [2.05, 4.69) is 20.8 Å². The number of hydrogen-bond donors (Lipinski definition) is 2. The van der Waals surface area contributed by atoms with Gasteiger partial charge in [0.2, 0.25) is 17.7 Å². The fourth-order valence-corrected chi connectivity index (χ4v) is 3.04. The number of thioether (sulfide) groups is 1. The topological polar surface area (TPSA) is 97.1 Å². The zero-order chi connectivity index (χ0) is 20.1. The molecule has 9 heteroatoms. The second kappa shape index (κ2) is 8.90. The minimum Gasteiger partial charge on any atom is -0.411 e. The van der Waals surface area contributed by atoms with Crippen molar-refractivity contribution in [2.75, 3.05) is 16.4 Å². The third-order valence-electron chi connectivity index (χ3n) is 3.58. The molecule has 0 saturated carbocycles. The van der Waals surface area contributed by atoms with Crippen LogP contribution in [-0.4, -0.2) is 27.8 Å². The van der Waals surface area contributed by atoms with Gasteiger partial charge in [0.15, 0.2) is 0 Å². The van der Waals surface area contributed by atoms with E-state index >= 15 is 0 Å². The molecular weight excluding hydrogens is 400 g/mol. The van der Waals surface area contributed by atoms with Gasteiger partial charge in [-0.1, -0.05) is 29.4 Å². The first-order valence-corrected chi connectivity index (χ1v) is 9.67. The minimum atomic E-state index is -0.256. The summed E-state index contributed by atoms with van der Waals surface area (Å²) >= 11 is 6.99. The summed E-state index contributed by atoms with van der Waals surface area (Å²) in [6, 6.07) is 12.4. The van der Waals surface area contributed by atoms with Gasteiger partial charge in [0.05, 0.1) is 17.1 Å². The van der Waals surface area contributed by atoms with E-state index in [0.717, 1.165) is 22.9 Å². The average Bonchev–Trinajstić information content (AvgIpc) is 3.12. The molecule has 0 aliphatic heterocycles. The number of halogens is 1. The van der Waals surface area contributed by atoms with Gasteiger partial charge < -0.3 is 15.1 Å². The Labute approximate surface area is 170 Å². The maximum Gasteiger partial charge on any atom is 0.277 e. The molecule has 2 N–H and O–H groups in total. The first-order valence-electron chi connectivity index (χ1n) is 8.31. The summed E-state index contributed by atoms with van der Waals surface area (Å²) in [7, 11) is 0. The lowest BCUT2D eigenvalue weighted by molar-refractivity contribution is -0.115. The lowest BCUT2D eigenvalue weighted by Crippen LogP contribution is -2.16. The van der Waals surface area contributed by atoms with Gasteiger partial charge in [-0.15, -0.1) is 10.2 Å². The van der Waals surface area contributed by atoms with Gasteiger partial charge in [0, 0.05) is 17.5 Å². The number of aryl methyl sites for hydroxylation is 1. The van der Waals surface area contributed by atoms with Gasteiger partial charge in [0.25, 0.3) is 5.22 Å². The van der Waals surface area contributed by atoms with Crippen molar-refractivity contribution in [3.05, 3.63) is 53.1 Å². The second-order valence-electron chi connectivity index (χ2n) is 5.95. The average molecular weight is 417 g/mol. The van der Waals surface area contributed by atoms with Crippen molar-refractivity contribution in [1.82, 2.24) is 10.2 Å². The molecule has 3 rings (SSSR count). The van der Waals surface area contributed by atoms with Crippen molar-refractivity contribution in [2.45, 2.75) is 19.1 Å². The summed E-state index contributed by atoms with van der Waals surface area (Å²) in [5.41, 5.74) is 2.78. The number of nitrogens with zero attached hydrogens (tertiary/aromatic N) is 2. The Bertz CT molecular complexity index is 1000. The van der Waals surface area contributed by atoms with Gasteiger partial charge in [0.1, 0.15) is 0 Å². The van der Waals surface area contributed by atoms with Crippen LogP contribution >= 0.6 is 23.4 Å². The Morgan fingerprint density at radius 1 is 1.07 bits per heavy atom. The molecule has 0 fully saturated rings. The van der Waals surface area contributed by atoms with Crippen LogP contribution in [0, 0.1) is 6.92 Å². The summed E-state index contributed by atoms with van der Waals surface area (Å²) in [5, 5.41) is 14.3. The van der Waals surface area contributed by atoms with E-state index in [0.29, 0.717) is 22.3 Å². The molecule has 0 spiro atoms. The van der Waals surface area contributed by atoms with Crippen molar-refractivity contribution in [3.63, 3.8) is 0 Å². The number of rotatable bonds is 6. The van der Waals surface area contributed by atoms with Crippen molar-refractivity contribution >= 4 is 46.6 Å². The van der Waals surface area contributed by atoms with Crippen LogP contribution in [0.15, 0.2) is 52.1 Å². The van der Waals surface area contributed by atoms with E-state index in [4.69, 9.17) is 16.0 Å². The van der Waals surface area contributed by atoms with E-state index < -0.39 is 0 Å². The molecular formula is C19H17ClN4O3S. The maximum atomic E-state index is 12.3. The van der Waals surface area contributed by atoms with Crippen LogP contribution in [0.4, 0.5) is 11.4 Å². The third kappa shape index (κ3) is 5.34. The van der Waals surface area contributed by atoms with Gasteiger partial charge in [-0.05, 0) is 48.9 Å². The van der Waals surface area contributed by atoms with Gasteiger partial charge >= 0.3 is 0 Å². The number of hydrogen-bond acceptors (Lipinski definition) is 6. The van der Waals surface area contributed by atoms with Crippen LogP contribution in [-0.2, 0) is 9.59 Å². The normalized spacial score (nSPS) is 10.5. The summed E-state index contributed by atoms with van der Waals surface area (Å²) in [4.78, 5) is 23.6. The molecule has 3 aromatic rings. The molecule has 0 bridgehead atoms. The zero-order valence-corrected chi connectivity index (χ0v) is 16.7. The molecule has 2 amide bonds. The predicted molar refractivity (Wildman–Crippen MR) is 110 cm³/mol. The van der Waals surface area contributed by atoms with Gasteiger partial charge in [-0.25, -0.2) is 0 Å². The lowest BCUT2D eigenvalue weighted by atomic mass is 10.2. The van der Waals surface area contributed by atoms with Crippen LogP contribution in [0.5, 0.6) is 0 Å². The number of anilines is 2. The summed E-state index contributed by atoms with van der Waals surface area (Å²) in [6.45, 7) is 3.31. The Balaban J connectivity index is 1.61. The second-order valence-corrected chi connectivity index (χ2v) is 7.31. The first kappa shape index (κ1) is 19.9. The highest BCUT2D eigenvalue weighted by atomic mass is 35.5. The van der Waals surface area contributed by atoms with Crippen LogP contribution < -0.4 is 10.6 Å². The van der Waals surface area contributed by atoms with Crippen molar-refractivity contribution in [2.24, 2.45) is 0 Å². The quantitative estimate of drug-likeness (QED) is 0.578. The van der Waals surface area contributed by atoms with E-state index in [1.54, 1.807) is 36.4 Å². The standard InChI is InChI=1S/C19H17ClN4O3S/c1-11-3-8-15(21-12(2)25)16(9-11)22-17(26)10-28-19-24-23-18(27-19)13-4-6-14(20)7-5-13/h3-9H,10H2,1-2H3,(H,21,25)(H,22,26). The fourth-order valence-electron chi connectivity index (χ4n) is 2.35. The highest BCUT2D eigenvalue weighted by molar-refractivity contribution is 7.99. The molecule has 0 radical (unpaired) electrons. The highest BCUT2D eigenvalue weighted by Gasteiger charge is 2.13. The zero-order valence-electron chi connectivity index (χ0n) is 15.2. The summed E-state index contributed by atoms with van der Waals surface area (Å²) in [6.07, 6.45) is 0. The van der Waals surface area contributed by atoms with Crippen LogP contribution in [0.1, 0.15) is 12.5 Å². The number of aromatic nitrogens is 2. The molecule has 1 aromatic heterocycles. The first-order chi connectivity index (χ1) is 13.4. The van der Waals surface area contributed by atoms with Crippen molar-refractivity contribution in [3.8, 4) is 11.5 Å². The Hall–Kier alpha value is -2.84. The highest BCUT2D eigenvalue weighted by Crippen LogP contribution is 2.26. The molecule has 0 unspecified atom stereocenters. The van der Waals surface area contributed by atoms with E-state index in [9.17, 15) is 9.59 Å². The van der Waals surface area contributed by atoms with E-state index in [-0.39, 0.29) is 22.8 Å². The van der Waals surface area contributed by atoms with Crippen molar-refractivity contribution in [1.29, 1.82) is 0 Å². The van der Waals surface area contributed by atoms with Crippen molar-refractivity contribution < 1.29 is 14.0 Å². The monoisotopic (exact) mass is 416 g/mol. The lowest BCUT2D eigenvalue weighted by Gasteiger charge is -2.12. The number of amides is 2. The maximum absolute atomic E-state index is 12.3. The Kier molecular flexibility index (Phi) is 6.33. The smallest absolute Gasteiger partial charge is 0.277 e. The number of nitrogens with one attached hydrogen (secondary N) is 2. The molecule has 28 heavy (non-hydrogen) atoms. The third-order valence-corrected chi connectivity index (χ3v) is 4.65. The molecule has 1 heterocycles. The summed E-state index contributed by atoms with van der Waals surface area (Å²) < 4.78 is 5.57. The SMILES string of the molecule is CC(=O)Nc1ccc(C)cc1NC(=O)CSc1nnc(-c2ccc(Cl)cc2)o1. The molecule has 0 atom stereocenters. The number of carbonyl (C=O) groups excluding carboxylic acids is 2. The minimum absolute atomic E-state index is 0.0791. The van der Waals surface area contributed by atoms with Gasteiger partial charge in [-0.3, -0.25) is 9.59 Å². The molecule has 144 valence electrons. The van der Waals surface area contributed by atoms with Crippen LogP contribution in [0.25, 0.3) is 11.5 Å². The Morgan fingerprint density at radius 3 is 2.54 bits per heavy atom. The van der Waals surface area contributed by atoms with Crippen LogP contribution in [0.3, 0.4) is 0 Å². The number of carbonyl (C=O) groups is 2.